The highest BCUT2D eigenvalue weighted by Gasteiger charge is 2.36. The summed E-state index contributed by atoms with van der Waals surface area (Å²) in [6.45, 7) is 0. The molecule has 156 valence electrons. The van der Waals surface area contributed by atoms with Crippen LogP contribution in [0.5, 0.6) is 0 Å². The van der Waals surface area contributed by atoms with E-state index in [4.69, 9.17) is 5.26 Å². The van der Waals surface area contributed by atoms with Gasteiger partial charge in [-0.25, -0.2) is 4.98 Å². The molecule has 2 heterocycles. The molecule has 10 heteroatoms. The van der Waals surface area contributed by atoms with Gasteiger partial charge in [0.25, 0.3) is 0 Å². The molecule has 3 aromatic rings. The number of benzene rings is 1. The molecule has 3 rings (SSSR count). The molecule has 2 aromatic heterocycles. The van der Waals surface area contributed by atoms with Gasteiger partial charge in [-0.1, -0.05) is 18.2 Å². The van der Waals surface area contributed by atoms with Crippen molar-refractivity contribution in [2.75, 3.05) is 11.1 Å². The van der Waals surface area contributed by atoms with Gasteiger partial charge in [0.05, 0.1) is 32.9 Å². The standard InChI is InChI=1S/C21H13F3N4OS2/c22-21(23,24)15-10-17(18-6-3-8-30-18)28-20(14(15)12-26)31-9-7-19(29)27-16-5-2-1-4-13(16)11-25/h1-6,8,10H,7,9H2,(H,27,29). The largest absolute Gasteiger partial charge is 0.417 e. The number of carbonyl (C=O) groups excluding carboxylic acids is 1. The molecular formula is C21H13F3N4OS2. The Bertz CT molecular complexity index is 1180. The van der Waals surface area contributed by atoms with Crippen LogP contribution < -0.4 is 5.32 Å². The first-order valence-corrected chi connectivity index (χ1v) is 10.7. The highest BCUT2D eigenvalue weighted by Crippen LogP contribution is 2.38. The number of hydrogen-bond acceptors (Lipinski definition) is 6. The molecule has 1 N–H and O–H groups in total. The lowest BCUT2D eigenvalue weighted by molar-refractivity contribution is -0.138. The number of rotatable bonds is 6. The van der Waals surface area contributed by atoms with Crippen LogP contribution in [0.2, 0.25) is 0 Å². The van der Waals surface area contributed by atoms with Crippen LogP contribution in [0.1, 0.15) is 23.1 Å². The molecule has 0 aliphatic heterocycles. The van der Waals surface area contributed by atoms with Crippen molar-refractivity contribution in [1.29, 1.82) is 10.5 Å². The topological polar surface area (TPSA) is 89.6 Å². The lowest BCUT2D eigenvalue weighted by atomic mass is 10.1. The SMILES string of the molecule is N#Cc1ccccc1NC(=O)CCSc1nc(-c2cccs2)cc(C(F)(F)F)c1C#N. The van der Waals surface area contributed by atoms with Crippen molar-refractivity contribution >= 4 is 34.7 Å². The van der Waals surface area contributed by atoms with Crippen LogP contribution in [0.25, 0.3) is 10.6 Å². The maximum Gasteiger partial charge on any atom is 0.417 e. The molecule has 0 fully saturated rings. The molecule has 0 atom stereocenters. The normalized spacial score (nSPS) is 10.9. The van der Waals surface area contributed by atoms with Crippen LogP contribution in [-0.2, 0) is 11.0 Å². The van der Waals surface area contributed by atoms with Crippen LogP contribution in [0.4, 0.5) is 18.9 Å². The first-order valence-electron chi connectivity index (χ1n) is 8.81. The van der Waals surface area contributed by atoms with E-state index >= 15 is 0 Å². The van der Waals surface area contributed by atoms with Gasteiger partial charge in [-0.15, -0.1) is 23.1 Å². The van der Waals surface area contributed by atoms with E-state index in [-0.39, 0.29) is 22.9 Å². The van der Waals surface area contributed by atoms with Crippen molar-refractivity contribution in [2.24, 2.45) is 0 Å². The highest BCUT2D eigenvalue weighted by molar-refractivity contribution is 7.99. The van der Waals surface area contributed by atoms with E-state index in [1.54, 1.807) is 47.8 Å². The zero-order valence-electron chi connectivity index (χ0n) is 15.7. The Labute approximate surface area is 184 Å². The predicted octanol–water partition coefficient (Wildman–Crippen LogP) is 5.69. The lowest BCUT2D eigenvalue weighted by Gasteiger charge is -2.13. The summed E-state index contributed by atoms with van der Waals surface area (Å²) in [6, 6.07) is 14.3. The third-order valence-electron chi connectivity index (χ3n) is 4.07. The molecule has 0 radical (unpaired) electrons. The van der Waals surface area contributed by atoms with E-state index in [9.17, 15) is 23.2 Å². The summed E-state index contributed by atoms with van der Waals surface area (Å²) >= 11 is 2.15. The molecule has 5 nitrogen and oxygen atoms in total. The lowest BCUT2D eigenvalue weighted by Crippen LogP contribution is -2.13. The second kappa shape index (κ2) is 9.65. The second-order valence-corrected chi connectivity index (χ2v) is 8.16. The number of thiophene rings is 1. The average molecular weight is 458 g/mol. The molecule has 1 aromatic carbocycles. The van der Waals surface area contributed by atoms with E-state index in [2.05, 4.69) is 10.3 Å². The van der Waals surface area contributed by atoms with Gasteiger partial charge in [0.15, 0.2) is 0 Å². The van der Waals surface area contributed by atoms with Crippen molar-refractivity contribution < 1.29 is 18.0 Å². The molecule has 31 heavy (non-hydrogen) atoms. The van der Waals surface area contributed by atoms with Gasteiger partial charge in [0.1, 0.15) is 17.2 Å². The van der Waals surface area contributed by atoms with E-state index in [1.807, 2.05) is 6.07 Å². The number of para-hydroxylation sites is 1. The Kier molecular flexibility index (Phi) is 6.95. The Morgan fingerprint density at radius 3 is 2.58 bits per heavy atom. The summed E-state index contributed by atoms with van der Waals surface area (Å²) in [5.41, 5.74) is -0.835. The van der Waals surface area contributed by atoms with Gasteiger partial charge in [0, 0.05) is 12.2 Å². The number of thioether (sulfide) groups is 1. The number of anilines is 1. The van der Waals surface area contributed by atoms with Crippen molar-refractivity contribution in [3.63, 3.8) is 0 Å². The van der Waals surface area contributed by atoms with E-state index in [0.717, 1.165) is 17.8 Å². The molecule has 0 unspecified atom stereocenters. The number of amides is 1. The fourth-order valence-corrected chi connectivity index (χ4v) is 4.28. The van der Waals surface area contributed by atoms with Crippen LogP contribution >= 0.6 is 23.1 Å². The van der Waals surface area contributed by atoms with Gasteiger partial charge in [-0.05, 0) is 29.6 Å². The van der Waals surface area contributed by atoms with Gasteiger partial charge in [-0.3, -0.25) is 4.79 Å². The summed E-state index contributed by atoms with van der Waals surface area (Å²) in [7, 11) is 0. The summed E-state index contributed by atoms with van der Waals surface area (Å²) < 4.78 is 40.6. The summed E-state index contributed by atoms with van der Waals surface area (Å²) in [5, 5.41) is 22.7. The minimum atomic E-state index is -4.71. The number of nitrogens with one attached hydrogen (secondary N) is 1. The van der Waals surface area contributed by atoms with Gasteiger partial charge in [0.2, 0.25) is 5.91 Å². The first-order chi connectivity index (χ1) is 14.8. The Morgan fingerprint density at radius 2 is 1.94 bits per heavy atom. The van der Waals surface area contributed by atoms with E-state index < -0.39 is 23.2 Å². The number of hydrogen-bond donors (Lipinski definition) is 1. The number of pyridine rings is 1. The van der Waals surface area contributed by atoms with Gasteiger partial charge >= 0.3 is 6.18 Å². The van der Waals surface area contributed by atoms with Crippen LogP contribution in [0, 0.1) is 22.7 Å². The number of aromatic nitrogens is 1. The minimum Gasteiger partial charge on any atom is -0.325 e. The number of nitrogens with zero attached hydrogens (tertiary/aromatic N) is 3. The Morgan fingerprint density at radius 1 is 1.16 bits per heavy atom. The quantitative estimate of drug-likeness (QED) is 0.479. The summed E-state index contributed by atoms with van der Waals surface area (Å²) in [5.74, 6) is -0.299. The van der Waals surface area contributed by atoms with Gasteiger partial charge in [-0.2, -0.15) is 23.7 Å². The van der Waals surface area contributed by atoms with E-state index in [0.29, 0.717) is 16.1 Å². The van der Waals surface area contributed by atoms with E-state index in [1.165, 1.54) is 11.3 Å². The fraction of sp³-hybridized carbons (Fsp3) is 0.143. The number of nitriles is 2. The van der Waals surface area contributed by atoms with Gasteiger partial charge < -0.3 is 5.32 Å². The Balaban J connectivity index is 1.79. The molecular weight excluding hydrogens is 445 g/mol. The van der Waals surface area contributed by atoms with Crippen LogP contribution in [0.15, 0.2) is 52.9 Å². The molecule has 1 amide bonds. The maximum atomic E-state index is 13.5. The molecule has 0 aliphatic rings. The molecule has 0 bridgehead atoms. The predicted molar refractivity (Wildman–Crippen MR) is 112 cm³/mol. The summed E-state index contributed by atoms with van der Waals surface area (Å²) in [4.78, 5) is 17.0. The fourth-order valence-electron chi connectivity index (χ4n) is 2.65. The zero-order chi connectivity index (χ0) is 22.4. The Hall–Kier alpha value is -3.34. The van der Waals surface area contributed by atoms with Crippen molar-refractivity contribution in [3.05, 3.63) is 64.5 Å². The van der Waals surface area contributed by atoms with Crippen molar-refractivity contribution in [2.45, 2.75) is 17.6 Å². The number of halogens is 3. The maximum absolute atomic E-state index is 13.5. The minimum absolute atomic E-state index is 0.0401. The monoisotopic (exact) mass is 458 g/mol. The second-order valence-electron chi connectivity index (χ2n) is 6.13. The zero-order valence-corrected chi connectivity index (χ0v) is 17.4. The highest BCUT2D eigenvalue weighted by atomic mass is 32.2. The molecule has 0 aliphatic carbocycles. The molecule has 0 saturated heterocycles. The number of alkyl halides is 3. The number of carbonyl (C=O) groups is 1. The molecule has 0 saturated carbocycles. The van der Waals surface area contributed by atoms with Crippen LogP contribution in [0.3, 0.4) is 0 Å². The smallest absolute Gasteiger partial charge is 0.325 e. The average Bonchev–Trinajstić information content (AvgIpc) is 3.28. The third kappa shape index (κ3) is 5.43. The third-order valence-corrected chi connectivity index (χ3v) is 5.94. The summed E-state index contributed by atoms with van der Waals surface area (Å²) in [6.07, 6.45) is -4.75. The van der Waals surface area contributed by atoms with Crippen molar-refractivity contribution in [3.8, 4) is 22.7 Å². The molecule has 0 spiro atoms. The van der Waals surface area contributed by atoms with Crippen LogP contribution in [-0.4, -0.2) is 16.6 Å². The van der Waals surface area contributed by atoms with Crippen molar-refractivity contribution in [1.82, 2.24) is 4.98 Å². The first kappa shape index (κ1) is 22.3.